The molecule has 17 heavy (non-hydrogen) atoms. The second-order valence-corrected chi connectivity index (χ2v) is 4.72. The molecule has 0 aliphatic rings. The van der Waals surface area contributed by atoms with Crippen molar-refractivity contribution in [2.45, 2.75) is 13.0 Å². The average molecular weight is 251 g/mol. The largest absolute Gasteiger partial charge is 0.481 e. The fourth-order valence-corrected chi connectivity index (χ4v) is 2.63. The first-order valence-electron chi connectivity index (χ1n) is 5.61. The van der Waals surface area contributed by atoms with Crippen molar-refractivity contribution >= 4 is 11.3 Å². The maximum atomic E-state index is 5.25. The molecule has 0 aliphatic carbocycles. The third kappa shape index (κ3) is 2.50. The molecule has 0 radical (unpaired) electrons. The molecule has 0 aliphatic heterocycles. The monoisotopic (exact) mass is 251 g/mol. The fraction of sp³-hybridized carbons (Fsp3) is 0.417. The Morgan fingerprint density at radius 3 is 2.94 bits per heavy atom. The Morgan fingerprint density at radius 1 is 1.59 bits per heavy atom. The van der Waals surface area contributed by atoms with Crippen molar-refractivity contribution in [1.29, 1.82) is 0 Å². The Kier molecular flexibility index (Phi) is 3.81. The Hall–Kier alpha value is -1.33. The van der Waals surface area contributed by atoms with Gasteiger partial charge in [-0.15, -0.1) is 11.3 Å². The van der Waals surface area contributed by atoms with Crippen LogP contribution in [-0.2, 0) is 7.05 Å². The molecule has 2 aromatic rings. The topological polar surface area (TPSA) is 39.1 Å². The van der Waals surface area contributed by atoms with Gasteiger partial charge in [-0.2, -0.15) is 5.10 Å². The number of ether oxygens (including phenoxy) is 1. The number of aromatic nitrogens is 2. The molecule has 0 aromatic carbocycles. The first-order chi connectivity index (χ1) is 8.26. The number of hydrogen-bond acceptors (Lipinski definition) is 4. The quantitative estimate of drug-likeness (QED) is 0.885. The van der Waals surface area contributed by atoms with Crippen LogP contribution in [0.15, 0.2) is 23.6 Å². The highest BCUT2D eigenvalue weighted by Crippen LogP contribution is 2.27. The molecule has 0 saturated heterocycles. The van der Waals surface area contributed by atoms with E-state index >= 15 is 0 Å². The van der Waals surface area contributed by atoms with Gasteiger partial charge in [0.15, 0.2) is 0 Å². The number of nitrogens with one attached hydrogen (secondary N) is 1. The second-order valence-electron chi connectivity index (χ2n) is 3.74. The van der Waals surface area contributed by atoms with Gasteiger partial charge in [-0.25, -0.2) is 4.68 Å². The summed E-state index contributed by atoms with van der Waals surface area (Å²) in [5, 5.41) is 10.0. The lowest BCUT2D eigenvalue weighted by molar-refractivity contribution is 0.373. The minimum absolute atomic E-state index is 0.148. The van der Waals surface area contributed by atoms with Crippen LogP contribution in [0.5, 0.6) is 5.88 Å². The van der Waals surface area contributed by atoms with Crippen LogP contribution in [0.4, 0.5) is 0 Å². The van der Waals surface area contributed by atoms with E-state index in [9.17, 15) is 0 Å². The standard InChI is InChI=1S/C12H17N3OS/c1-4-13-12(10-6-5-7-17-10)9-8-11(16-3)15(2)14-9/h5-8,12-13H,4H2,1-3H3. The van der Waals surface area contributed by atoms with Crippen LogP contribution >= 0.6 is 11.3 Å². The van der Waals surface area contributed by atoms with Crippen LogP contribution in [0.1, 0.15) is 23.5 Å². The smallest absolute Gasteiger partial charge is 0.211 e. The predicted octanol–water partition coefficient (Wildman–Crippen LogP) is 2.19. The molecular weight excluding hydrogens is 234 g/mol. The zero-order valence-electron chi connectivity index (χ0n) is 10.3. The maximum Gasteiger partial charge on any atom is 0.211 e. The highest BCUT2D eigenvalue weighted by Gasteiger charge is 2.18. The van der Waals surface area contributed by atoms with Gasteiger partial charge in [-0.05, 0) is 18.0 Å². The normalized spacial score (nSPS) is 12.6. The van der Waals surface area contributed by atoms with Gasteiger partial charge < -0.3 is 10.1 Å². The summed E-state index contributed by atoms with van der Waals surface area (Å²) in [4.78, 5) is 1.27. The molecule has 92 valence electrons. The summed E-state index contributed by atoms with van der Waals surface area (Å²) >= 11 is 1.74. The van der Waals surface area contributed by atoms with Crippen molar-refractivity contribution in [3.8, 4) is 5.88 Å². The van der Waals surface area contributed by atoms with Crippen molar-refractivity contribution in [1.82, 2.24) is 15.1 Å². The van der Waals surface area contributed by atoms with E-state index in [-0.39, 0.29) is 6.04 Å². The van der Waals surface area contributed by atoms with Crippen LogP contribution in [-0.4, -0.2) is 23.4 Å². The van der Waals surface area contributed by atoms with Crippen molar-refractivity contribution < 1.29 is 4.74 Å². The Balaban J connectivity index is 2.32. The maximum absolute atomic E-state index is 5.25. The van der Waals surface area contributed by atoms with Gasteiger partial charge in [-0.1, -0.05) is 13.0 Å². The third-order valence-electron chi connectivity index (χ3n) is 2.60. The molecule has 5 heteroatoms. The number of methoxy groups -OCH3 is 1. The minimum Gasteiger partial charge on any atom is -0.481 e. The van der Waals surface area contributed by atoms with Gasteiger partial charge >= 0.3 is 0 Å². The SMILES string of the molecule is CCNC(c1cc(OC)n(C)n1)c1cccs1. The summed E-state index contributed by atoms with van der Waals surface area (Å²) in [6.07, 6.45) is 0. The Labute approximate surface area is 105 Å². The molecule has 0 spiro atoms. The number of rotatable bonds is 5. The van der Waals surface area contributed by atoms with Crippen molar-refractivity contribution in [2.75, 3.05) is 13.7 Å². The lowest BCUT2D eigenvalue weighted by Gasteiger charge is -2.13. The third-order valence-corrected chi connectivity index (χ3v) is 3.53. The van der Waals surface area contributed by atoms with Gasteiger partial charge in [0.1, 0.15) is 0 Å². The summed E-state index contributed by atoms with van der Waals surface area (Å²) in [6, 6.07) is 6.31. The first-order valence-corrected chi connectivity index (χ1v) is 6.49. The number of thiophene rings is 1. The lowest BCUT2D eigenvalue weighted by atomic mass is 10.1. The number of nitrogens with zero attached hydrogens (tertiary/aromatic N) is 2. The molecule has 0 fully saturated rings. The molecule has 1 N–H and O–H groups in total. The summed E-state index contributed by atoms with van der Waals surface area (Å²) in [7, 11) is 3.55. The van der Waals surface area contributed by atoms with E-state index in [0.29, 0.717) is 0 Å². The molecule has 1 atom stereocenters. The Bertz CT molecular complexity index is 464. The van der Waals surface area contributed by atoms with Crippen molar-refractivity contribution in [2.24, 2.45) is 7.05 Å². The molecule has 1 unspecified atom stereocenters. The summed E-state index contributed by atoms with van der Waals surface area (Å²) < 4.78 is 7.00. The molecule has 2 rings (SSSR count). The highest BCUT2D eigenvalue weighted by atomic mass is 32.1. The minimum atomic E-state index is 0.148. The number of hydrogen-bond donors (Lipinski definition) is 1. The van der Waals surface area contributed by atoms with Crippen LogP contribution < -0.4 is 10.1 Å². The van der Waals surface area contributed by atoms with Crippen molar-refractivity contribution in [3.05, 3.63) is 34.2 Å². The summed E-state index contributed by atoms with van der Waals surface area (Å²) in [6.45, 7) is 3.00. The van der Waals surface area contributed by atoms with Gasteiger partial charge in [0.2, 0.25) is 5.88 Å². The Morgan fingerprint density at radius 2 is 2.41 bits per heavy atom. The van der Waals surface area contributed by atoms with Crippen molar-refractivity contribution in [3.63, 3.8) is 0 Å². The van der Waals surface area contributed by atoms with E-state index in [2.05, 4.69) is 34.9 Å². The number of aryl methyl sites for hydroxylation is 1. The zero-order chi connectivity index (χ0) is 12.3. The van der Waals surface area contributed by atoms with Gasteiger partial charge in [-0.3, -0.25) is 0 Å². The molecular formula is C12H17N3OS. The zero-order valence-corrected chi connectivity index (χ0v) is 11.1. The van der Waals surface area contributed by atoms with Crippen LogP contribution in [0.2, 0.25) is 0 Å². The molecule has 0 amide bonds. The van der Waals surface area contributed by atoms with E-state index in [1.165, 1.54) is 4.88 Å². The van der Waals surface area contributed by atoms with Crippen LogP contribution in [0, 0.1) is 0 Å². The lowest BCUT2D eigenvalue weighted by Crippen LogP contribution is -2.21. The second kappa shape index (κ2) is 5.33. The summed E-state index contributed by atoms with van der Waals surface area (Å²) in [5.41, 5.74) is 0.994. The predicted molar refractivity (Wildman–Crippen MR) is 69.6 cm³/mol. The van der Waals surface area contributed by atoms with E-state index in [4.69, 9.17) is 4.74 Å². The molecule has 4 nitrogen and oxygen atoms in total. The highest BCUT2D eigenvalue weighted by molar-refractivity contribution is 7.10. The van der Waals surface area contributed by atoms with Gasteiger partial charge in [0, 0.05) is 18.0 Å². The fourth-order valence-electron chi connectivity index (χ4n) is 1.81. The summed E-state index contributed by atoms with van der Waals surface area (Å²) in [5.74, 6) is 0.777. The molecule has 2 heterocycles. The van der Waals surface area contributed by atoms with E-state index in [1.54, 1.807) is 23.1 Å². The molecule has 0 bridgehead atoms. The first kappa shape index (κ1) is 12.1. The molecule has 0 saturated carbocycles. The van der Waals surface area contributed by atoms with E-state index in [0.717, 1.165) is 18.1 Å². The van der Waals surface area contributed by atoms with Gasteiger partial charge in [0.05, 0.1) is 18.8 Å². The average Bonchev–Trinajstić information content (AvgIpc) is 2.95. The van der Waals surface area contributed by atoms with Gasteiger partial charge in [0.25, 0.3) is 0 Å². The van der Waals surface area contributed by atoms with Crippen LogP contribution in [0.3, 0.4) is 0 Å². The van der Waals surface area contributed by atoms with E-state index < -0.39 is 0 Å². The molecule has 2 aromatic heterocycles. The van der Waals surface area contributed by atoms with Crippen LogP contribution in [0.25, 0.3) is 0 Å². The van der Waals surface area contributed by atoms with E-state index in [1.807, 2.05) is 13.1 Å².